The average Bonchev–Trinajstić information content (AvgIpc) is 2.81. The zero-order chi connectivity index (χ0) is 16.5. The molecule has 2 heterocycles. The van der Waals surface area contributed by atoms with Crippen LogP contribution < -0.4 is 5.32 Å². The molecule has 2 aliphatic heterocycles. The monoisotopic (exact) mass is 340 g/mol. The van der Waals surface area contributed by atoms with Crippen LogP contribution in [0.5, 0.6) is 0 Å². The molecule has 9 heteroatoms. The van der Waals surface area contributed by atoms with Crippen molar-refractivity contribution in [2.75, 3.05) is 13.2 Å². The smallest absolute Gasteiger partial charge is 0.408 e. The average molecular weight is 340 g/mol. The van der Waals surface area contributed by atoms with Crippen LogP contribution in [0.25, 0.3) is 0 Å². The summed E-state index contributed by atoms with van der Waals surface area (Å²) in [6, 6.07) is -0.0967. The zero-order valence-electron chi connectivity index (χ0n) is 12.5. The Balaban J connectivity index is 2.00. The van der Waals surface area contributed by atoms with Crippen molar-refractivity contribution in [2.24, 2.45) is 16.8 Å². The van der Waals surface area contributed by atoms with Crippen LogP contribution in [-0.4, -0.2) is 48.0 Å². The summed E-state index contributed by atoms with van der Waals surface area (Å²) in [6.07, 6.45) is -4.59. The predicted molar refractivity (Wildman–Crippen MR) is 76.5 cm³/mol. The van der Waals surface area contributed by atoms with Crippen LogP contribution >= 0.6 is 11.8 Å². The van der Waals surface area contributed by atoms with Crippen molar-refractivity contribution >= 4 is 22.9 Å². The molecule has 2 aliphatic rings. The Kier molecular flexibility index (Phi) is 5.26. The van der Waals surface area contributed by atoms with E-state index in [0.717, 1.165) is 11.8 Å². The molecule has 2 rings (SSSR count). The highest BCUT2D eigenvalue weighted by atomic mass is 32.2. The number of carbonyl (C=O) groups excluding carboxylic acids is 1. The third kappa shape index (κ3) is 4.28. The van der Waals surface area contributed by atoms with E-state index in [0.29, 0.717) is 0 Å². The van der Waals surface area contributed by atoms with Crippen molar-refractivity contribution in [1.29, 1.82) is 0 Å². The number of alkyl halides is 3. The molecule has 0 radical (unpaired) electrons. The third-order valence-electron chi connectivity index (χ3n) is 3.96. The number of nitrogens with zero attached hydrogens (tertiary/aromatic N) is 1. The van der Waals surface area contributed by atoms with Crippen LogP contribution in [0.1, 0.15) is 20.8 Å². The van der Waals surface area contributed by atoms with Gasteiger partial charge in [0, 0.05) is 6.92 Å². The second kappa shape index (κ2) is 6.66. The Morgan fingerprint density at radius 1 is 1.41 bits per heavy atom. The second-order valence-corrected chi connectivity index (χ2v) is 6.68. The van der Waals surface area contributed by atoms with Gasteiger partial charge in [-0.3, -0.25) is 9.79 Å². The Labute approximate surface area is 131 Å². The maximum Gasteiger partial charge on any atom is 0.408 e. The molecule has 0 spiro atoms. The lowest BCUT2D eigenvalue weighted by atomic mass is 9.83. The lowest BCUT2D eigenvalue weighted by Gasteiger charge is -2.40. The van der Waals surface area contributed by atoms with Crippen LogP contribution in [0, 0.1) is 11.8 Å². The van der Waals surface area contributed by atoms with Gasteiger partial charge in [0.1, 0.15) is 18.6 Å². The summed E-state index contributed by atoms with van der Waals surface area (Å²) >= 11 is 1.16. The molecule has 5 nitrogen and oxygen atoms in total. The molecule has 5 atom stereocenters. The first-order valence-corrected chi connectivity index (χ1v) is 7.88. The fourth-order valence-corrected chi connectivity index (χ4v) is 3.74. The molecule has 0 aliphatic carbocycles. The Morgan fingerprint density at radius 2 is 2.09 bits per heavy atom. The summed E-state index contributed by atoms with van der Waals surface area (Å²) in [4.78, 5) is 14.5. The Morgan fingerprint density at radius 3 is 2.68 bits per heavy atom. The van der Waals surface area contributed by atoms with Crippen LogP contribution in [0.15, 0.2) is 4.99 Å². The van der Waals surface area contributed by atoms with E-state index in [-0.39, 0.29) is 47.2 Å². The summed E-state index contributed by atoms with van der Waals surface area (Å²) in [7, 11) is 0. The van der Waals surface area contributed by atoms with E-state index in [1.165, 1.54) is 6.92 Å². The fraction of sp³-hybridized carbons (Fsp3) is 0.846. The van der Waals surface area contributed by atoms with E-state index < -0.39 is 12.7 Å². The molecule has 0 amide bonds. The quantitative estimate of drug-likeness (QED) is 0.798. The van der Waals surface area contributed by atoms with E-state index in [1.54, 1.807) is 0 Å². The van der Waals surface area contributed by atoms with Gasteiger partial charge in [0.15, 0.2) is 5.17 Å². The molecule has 0 saturated carbocycles. The number of aliphatic imine (C=N–C) groups is 1. The normalized spacial score (nSPS) is 36.8. The van der Waals surface area contributed by atoms with Gasteiger partial charge in [-0.1, -0.05) is 25.6 Å². The number of halogens is 3. The minimum Gasteiger partial charge on any atom is -0.463 e. The molecule has 126 valence electrons. The summed E-state index contributed by atoms with van der Waals surface area (Å²) in [5.74, 6) is -0.115. The summed E-state index contributed by atoms with van der Waals surface area (Å²) in [5.41, 5.74) is -0.321. The fourth-order valence-electron chi connectivity index (χ4n) is 2.52. The van der Waals surface area contributed by atoms with Crippen LogP contribution in [-0.2, 0) is 14.3 Å². The minimum atomic E-state index is -4.32. The van der Waals surface area contributed by atoms with Crippen molar-refractivity contribution in [3.63, 3.8) is 0 Å². The minimum absolute atomic E-state index is 0.0967. The van der Waals surface area contributed by atoms with Gasteiger partial charge in [0.2, 0.25) is 0 Å². The first-order chi connectivity index (χ1) is 10.2. The highest BCUT2D eigenvalue weighted by Crippen LogP contribution is 2.39. The molecule has 22 heavy (non-hydrogen) atoms. The number of rotatable bonds is 3. The number of amidine groups is 1. The lowest BCUT2D eigenvalue weighted by Crippen LogP contribution is -2.52. The number of thioether (sulfide) groups is 1. The van der Waals surface area contributed by atoms with E-state index in [4.69, 9.17) is 9.47 Å². The lowest BCUT2D eigenvalue weighted by molar-refractivity contribution is -0.153. The molecule has 1 N–H and O–H groups in total. The largest absolute Gasteiger partial charge is 0.463 e. The van der Waals surface area contributed by atoms with E-state index in [9.17, 15) is 18.0 Å². The van der Waals surface area contributed by atoms with Gasteiger partial charge in [-0.25, -0.2) is 0 Å². The SMILES string of the molecule is CC(=O)OC[C@H]1O[C@@H]2SC(=NCC(F)(F)F)N[C@@H]2[C@@H](C)[C@@H]1C. The Hall–Kier alpha value is -0.960. The summed E-state index contributed by atoms with van der Waals surface area (Å²) < 4.78 is 47.6. The number of carbonyl (C=O) groups is 1. The summed E-state index contributed by atoms with van der Waals surface area (Å²) in [6.45, 7) is 4.26. The highest BCUT2D eigenvalue weighted by molar-refractivity contribution is 8.14. The van der Waals surface area contributed by atoms with E-state index in [1.807, 2.05) is 13.8 Å². The van der Waals surface area contributed by atoms with Gasteiger partial charge >= 0.3 is 12.1 Å². The molecule has 0 aromatic rings. The molecule has 0 unspecified atom stereocenters. The zero-order valence-corrected chi connectivity index (χ0v) is 13.3. The van der Waals surface area contributed by atoms with Gasteiger partial charge in [-0.15, -0.1) is 0 Å². The maximum absolute atomic E-state index is 12.2. The number of ether oxygens (including phenoxy) is 2. The molecular formula is C13H19F3N2O3S. The third-order valence-corrected chi connectivity index (χ3v) is 5.06. The second-order valence-electron chi connectivity index (χ2n) is 5.59. The highest BCUT2D eigenvalue weighted by Gasteiger charge is 2.46. The van der Waals surface area contributed by atoms with E-state index >= 15 is 0 Å². The predicted octanol–water partition coefficient (Wildman–Crippen LogP) is 2.17. The van der Waals surface area contributed by atoms with Crippen molar-refractivity contribution in [2.45, 2.75) is 44.5 Å². The van der Waals surface area contributed by atoms with Gasteiger partial charge < -0.3 is 14.8 Å². The molecule has 2 fully saturated rings. The maximum atomic E-state index is 12.2. The molecule has 0 bridgehead atoms. The number of esters is 1. The number of fused-ring (bicyclic) bond motifs is 1. The number of nitrogens with one attached hydrogen (secondary N) is 1. The van der Waals surface area contributed by atoms with Gasteiger partial charge in [0.05, 0.1) is 12.1 Å². The van der Waals surface area contributed by atoms with Gasteiger partial charge in [0.25, 0.3) is 0 Å². The standard InChI is InChI=1S/C13H19F3N2O3S/c1-6-7(2)10-11(21-9(6)4-20-8(3)19)22-12(18-10)17-5-13(14,15)16/h6-7,9-11H,4-5H2,1-3H3,(H,17,18)/t6-,7-,9+,10+,11+/m0/s1. The number of hydrogen-bond donors (Lipinski definition) is 1. The van der Waals surface area contributed by atoms with Gasteiger partial charge in [-0.2, -0.15) is 13.2 Å². The first-order valence-electron chi connectivity index (χ1n) is 7.00. The number of hydrogen-bond acceptors (Lipinski definition) is 5. The van der Waals surface area contributed by atoms with Crippen molar-refractivity contribution < 1.29 is 27.4 Å². The van der Waals surface area contributed by atoms with Crippen molar-refractivity contribution in [1.82, 2.24) is 5.32 Å². The molecular weight excluding hydrogens is 321 g/mol. The van der Waals surface area contributed by atoms with Crippen LogP contribution in [0.2, 0.25) is 0 Å². The van der Waals surface area contributed by atoms with Crippen LogP contribution in [0.4, 0.5) is 13.2 Å². The first kappa shape index (κ1) is 17.4. The van der Waals surface area contributed by atoms with Gasteiger partial charge in [-0.05, 0) is 11.8 Å². The summed E-state index contributed by atoms with van der Waals surface area (Å²) in [5, 5.41) is 3.26. The molecule has 0 aromatic heterocycles. The van der Waals surface area contributed by atoms with Crippen molar-refractivity contribution in [3.05, 3.63) is 0 Å². The molecule has 2 saturated heterocycles. The van der Waals surface area contributed by atoms with Crippen molar-refractivity contribution in [3.8, 4) is 0 Å². The topological polar surface area (TPSA) is 59.9 Å². The van der Waals surface area contributed by atoms with E-state index in [2.05, 4.69) is 10.3 Å². The van der Waals surface area contributed by atoms with Crippen LogP contribution in [0.3, 0.4) is 0 Å². The Bertz CT molecular complexity index is 458. The molecule has 0 aromatic carbocycles.